The first kappa shape index (κ1) is 14.3. The van der Waals surface area contributed by atoms with E-state index in [9.17, 15) is 0 Å². The first-order valence-corrected chi connectivity index (χ1v) is 8.47. The molecule has 1 aromatic carbocycles. The number of aromatic nitrogens is 2. The number of benzene rings is 1. The van der Waals surface area contributed by atoms with Gasteiger partial charge in [0.2, 0.25) is 5.28 Å². The molecule has 20 heavy (non-hydrogen) atoms. The molecular weight excluding hydrogens is 425 g/mol. The molecule has 0 atom stereocenters. The summed E-state index contributed by atoms with van der Waals surface area (Å²) in [6.45, 7) is 2.04. The molecule has 2 heterocycles. The fraction of sp³-hybridized carbons (Fsp3) is 0.0769. The lowest BCUT2D eigenvalue weighted by atomic mass is 10.3. The Kier molecular flexibility index (Phi) is 3.99. The van der Waals surface area contributed by atoms with E-state index in [0.717, 1.165) is 24.8 Å². The minimum absolute atomic E-state index is 0.243. The number of nitrogens with zero attached hydrogens (tertiary/aromatic N) is 2. The Balaban J connectivity index is 2.12. The molecular formula is C13H8Br2ClN3S. The highest BCUT2D eigenvalue weighted by Crippen LogP contribution is 2.34. The number of anilines is 2. The number of fused-ring (bicyclic) bond motifs is 1. The zero-order valence-electron chi connectivity index (χ0n) is 10.2. The maximum atomic E-state index is 5.99. The Morgan fingerprint density at radius 3 is 2.80 bits per heavy atom. The summed E-state index contributed by atoms with van der Waals surface area (Å²) in [6, 6.07) is 7.97. The Hall–Kier alpha value is -0.690. The Morgan fingerprint density at radius 2 is 2.00 bits per heavy atom. The maximum absolute atomic E-state index is 5.99. The van der Waals surface area contributed by atoms with Crippen molar-refractivity contribution < 1.29 is 0 Å². The molecule has 0 amide bonds. The van der Waals surface area contributed by atoms with E-state index in [2.05, 4.69) is 53.2 Å². The average Bonchev–Trinajstić information content (AvgIpc) is 2.74. The smallest absolute Gasteiger partial charge is 0.225 e. The van der Waals surface area contributed by atoms with Crippen LogP contribution in [0.1, 0.15) is 4.88 Å². The molecule has 102 valence electrons. The molecule has 0 spiro atoms. The van der Waals surface area contributed by atoms with Crippen molar-refractivity contribution in [2.24, 2.45) is 0 Å². The zero-order valence-corrected chi connectivity index (χ0v) is 15.0. The van der Waals surface area contributed by atoms with E-state index in [4.69, 9.17) is 11.6 Å². The second kappa shape index (κ2) is 5.60. The maximum Gasteiger partial charge on any atom is 0.225 e. The quantitative estimate of drug-likeness (QED) is 0.510. The molecule has 0 unspecified atom stereocenters. The van der Waals surface area contributed by atoms with E-state index in [1.165, 1.54) is 4.88 Å². The predicted octanol–water partition coefficient (Wildman–Crippen LogP) is 5.92. The Bertz CT molecular complexity index is 804. The van der Waals surface area contributed by atoms with Crippen LogP contribution in [0.25, 0.3) is 10.2 Å². The third-order valence-corrected chi connectivity index (χ3v) is 4.97. The summed E-state index contributed by atoms with van der Waals surface area (Å²) in [5.41, 5.74) is 0.916. The normalized spacial score (nSPS) is 11.0. The van der Waals surface area contributed by atoms with Crippen molar-refractivity contribution in [2.75, 3.05) is 5.32 Å². The van der Waals surface area contributed by atoms with Gasteiger partial charge in [0.25, 0.3) is 0 Å². The van der Waals surface area contributed by atoms with Crippen LogP contribution in [-0.2, 0) is 0 Å². The van der Waals surface area contributed by atoms with E-state index < -0.39 is 0 Å². The molecule has 0 aliphatic carbocycles. The van der Waals surface area contributed by atoms with Crippen LogP contribution in [0.2, 0.25) is 5.28 Å². The lowest BCUT2D eigenvalue weighted by Crippen LogP contribution is -1.96. The van der Waals surface area contributed by atoms with Crippen molar-refractivity contribution in [3.05, 3.63) is 43.4 Å². The summed E-state index contributed by atoms with van der Waals surface area (Å²) in [7, 11) is 0. The third kappa shape index (κ3) is 2.83. The second-order valence-corrected chi connectivity index (χ2v) is 7.51. The molecule has 2 aromatic heterocycles. The van der Waals surface area contributed by atoms with Crippen molar-refractivity contribution >= 4 is 76.5 Å². The molecule has 3 aromatic rings. The number of thiophene rings is 1. The molecule has 3 nitrogen and oxygen atoms in total. The highest BCUT2D eigenvalue weighted by atomic mass is 79.9. The Labute approximate surface area is 141 Å². The van der Waals surface area contributed by atoms with Gasteiger partial charge in [-0.3, -0.25) is 0 Å². The van der Waals surface area contributed by atoms with Crippen LogP contribution in [0, 0.1) is 6.92 Å². The zero-order chi connectivity index (χ0) is 14.3. The summed E-state index contributed by atoms with van der Waals surface area (Å²) >= 11 is 14.6. The van der Waals surface area contributed by atoms with Crippen LogP contribution in [0.5, 0.6) is 0 Å². The molecule has 0 fully saturated rings. The summed E-state index contributed by atoms with van der Waals surface area (Å²) in [5.74, 6) is 0.711. The molecule has 1 N–H and O–H groups in total. The van der Waals surface area contributed by atoms with Crippen molar-refractivity contribution in [1.82, 2.24) is 9.97 Å². The molecule has 0 saturated heterocycles. The largest absolute Gasteiger partial charge is 0.339 e. The van der Waals surface area contributed by atoms with E-state index in [0.29, 0.717) is 5.82 Å². The minimum atomic E-state index is 0.243. The molecule has 7 heteroatoms. The van der Waals surface area contributed by atoms with Gasteiger partial charge >= 0.3 is 0 Å². The van der Waals surface area contributed by atoms with Crippen LogP contribution in [0.15, 0.2) is 33.2 Å². The molecule has 0 saturated carbocycles. The van der Waals surface area contributed by atoms with Gasteiger partial charge in [-0.15, -0.1) is 11.3 Å². The molecule has 0 bridgehead atoms. The van der Waals surface area contributed by atoms with Gasteiger partial charge in [0.15, 0.2) is 0 Å². The highest BCUT2D eigenvalue weighted by Gasteiger charge is 2.11. The second-order valence-electron chi connectivity index (χ2n) is 4.17. The predicted molar refractivity (Wildman–Crippen MR) is 92.3 cm³/mol. The number of nitrogens with one attached hydrogen (secondary N) is 1. The van der Waals surface area contributed by atoms with Crippen molar-refractivity contribution in [3.63, 3.8) is 0 Å². The first-order valence-electron chi connectivity index (χ1n) is 5.69. The lowest BCUT2D eigenvalue weighted by molar-refractivity contribution is 1.23. The first-order chi connectivity index (χ1) is 9.52. The van der Waals surface area contributed by atoms with E-state index in [-0.39, 0.29) is 5.28 Å². The SMILES string of the molecule is Cc1cc2c(Nc3cc(Br)ccc3Br)nc(Cl)nc2s1. The highest BCUT2D eigenvalue weighted by molar-refractivity contribution is 9.11. The minimum Gasteiger partial charge on any atom is -0.339 e. The summed E-state index contributed by atoms with van der Waals surface area (Å²) in [4.78, 5) is 10.6. The van der Waals surface area contributed by atoms with Gasteiger partial charge in [0.1, 0.15) is 10.6 Å². The molecule has 0 aliphatic heterocycles. The van der Waals surface area contributed by atoms with Crippen LogP contribution in [-0.4, -0.2) is 9.97 Å². The van der Waals surface area contributed by atoms with Gasteiger partial charge in [-0.2, -0.15) is 4.98 Å². The fourth-order valence-electron chi connectivity index (χ4n) is 1.83. The number of aryl methyl sites for hydroxylation is 1. The van der Waals surface area contributed by atoms with Crippen LogP contribution >= 0.6 is 54.8 Å². The molecule has 3 rings (SSSR count). The van der Waals surface area contributed by atoms with Crippen LogP contribution in [0.3, 0.4) is 0 Å². The molecule has 0 radical (unpaired) electrons. The number of rotatable bonds is 2. The van der Waals surface area contributed by atoms with Gasteiger partial charge in [-0.1, -0.05) is 15.9 Å². The number of hydrogen-bond acceptors (Lipinski definition) is 4. The third-order valence-electron chi connectivity index (χ3n) is 2.67. The number of hydrogen-bond donors (Lipinski definition) is 1. The standard InChI is InChI=1S/C13H8Br2ClN3S/c1-6-4-8-11(18-13(16)19-12(8)20-6)17-10-5-7(14)2-3-9(10)15/h2-5H,1H3,(H,17,18,19). The van der Waals surface area contributed by atoms with Gasteiger partial charge in [-0.25, -0.2) is 4.98 Å². The fourth-order valence-corrected chi connectivity index (χ4v) is 3.64. The van der Waals surface area contributed by atoms with E-state index >= 15 is 0 Å². The van der Waals surface area contributed by atoms with Gasteiger partial charge < -0.3 is 5.32 Å². The summed E-state index contributed by atoms with van der Waals surface area (Å²) < 4.78 is 1.94. The van der Waals surface area contributed by atoms with Crippen LogP contribution < -0.4 is 5.32 Å². The van der Waals surface area contributed by atoms with Crippen molar-refractivity contribution in [1.29, 1.82) is 0 Å². The van der Waals surface area contributed by atoms with Crippen LogP contribution in [0.4, 0.5) is 11.5 Å². The topological polar surface area (TPSA) is 37.8 Å². The van der Waals surface area contributed by atoms with Crippen molar-refractivity contribution in [2.45, 2.75) is 6.92 Å². The van der Waals surface area contributed by atoms with Crippen molar-refractivity contribution in [3.8, 4) is 0 Å². The Morgan fingerprint density at radius 1 is 1.20 bits per heavy atom. The summed E-state index contributed by atoms with van der Waals surface area (Å²) in [6.07, 6.45) is 0. The van der Waals surface area contributed by atoms with Gasteiger partial charge in [0.05, 0.1) is 11.1 Å². The van der Waals surface area contributed by atoms with E-state index in [1.807, 2.05) is 25.1 Å². The lowest BCUT2D eigenvalue weighted by Gasteiger charge is -2.09. The summed E-state index contributed by atoms with van der Waals surface area (Å²) in [5, 5.41) is 4.52. The monoisotopic (exact) mass is 431 g/mol. The van der Waals surface area contributed by atoms with Gasteiger partial charge in [-0.05, 0) is 58.7 Å². The van der Waals surface area contributed by atoms with Gasteiger partial charge in [0, 0.05) is 13.8 Å². The number of halogens is 3. The average molecular weight is 434 g/mol. The van der Waals surface area contributed by atoms with E-state index in [1.54, 1.807) is 11.3 Å². The molecule has 0 aliphatic rings.